The highest BCUT2D eigenvalue weighted by Gasteiger charge is 2.63. The minimum atomic E-state index is -5.15. The van der Waals surface area contributed by atoms with E-state index >= 15 is 0 Å². The number of amides is 1. The van der Waals surface area contributed by atoms with E-state index in [9.17, 15) is 27.5 Å². The van der Waals surface area contributed by atoms with E-state index in [1.54, 1.807) is 0 Å². The van der Waals surface area contributed by atoms with E-state index in [1.165, 1.54) is 24.3 Å². The number of aliphatic hydroxyl groups is 1. The van der Waals surface area contributed by atoms with Gasteiger partial charge in [0.15, 0.2) is 0 Å². The summed E-state index contributed by atoms with van der Waals surface area (Å²) in [5.74, 6) is -1.85. The Balaban J connectivity index is 2.03. The van der Waals surface area contributed by atoms with Gasteiger partial charge < -0.3 is 5.11 Å². The Hall–Kier alpha value is -2.45. The fourth-order valence-electron chi connectivity index (χ4n) is 2.50. The zero-order valence-electron chi connectivity index (χ0n) is 13.0. The van der Waals surface area contributed by atoms with E-state index in [0.717, 1.165) is 24.3 Å². The van der Waals surface area contributed by atoms with Gasteiger partial charge in [0.1, 0.15) is 5.82 Å². The van der Waals surface area contributed by atoms with E-state index in [1.807, 2.05) is 0 Å². The molecule has 1 heterocycles. The fourth-order valence-corrected chi connectivity index (χ4v) is 2.62. The van der Waals surface area contributed by atoms with Crippen molar-refractivity contribution < 1.29 is 27.5 Å². The van der Waals surface area contributed by atoms with Crippen molar-refractivity contribution in [2.24, 2.45) is 5.10 Å². The molecule has 0 fully saturated rings. The first-order valence-corrected chi connectivity index (χ1v) is 7.72. The molecule has 1 atom stereocenters. The molecule has 0 aromatic heterocycles. The van der Waals surface area contributed by atoms with Crippen molar-refractivity contribution in [3.8, 4) is 0 Å². The summed E-state index contributed by atoms with van der Waals surface area (Å²) >= 11 is 5.75. The number of rotatable bonds is 2. The highest BCUT2D eigenvalue weighted by Crippen LogP contribution is 2.42. The highest BCUT2D eigenvalue weighted by atomic mass is 35.5. The first-order chi connectivity index (χ1) is 12.1. The summed E-state index contributed by atoms with van der Waals surface area (Å²) in [6.07, 6.45) is -6.09. The minimum Gasteiger partial charge on any atom is -0.362 e. The number of hydrogen-bond acceptors (Lipinski definition) is 3. The van der Waals surface area contributed by atoms with Crippen LogP contribution in [0.1, 0.15) is 22.3 Å². The number of nitrogens with zero attached hydrogens (tertiary/aromatic N) is 2. The summed E-state index contributed by atoms with van der Waals surface area (Å²) < 4.78 is 53.5. The lowest BCUT2D eigenvalue weighted by atomic mass is 10.0. The van der Waals surface area contributed by atoms with Gasteiger partial charge >= 0.3 is 6.18 Å². The molecule has 1 amide bonds. The molecular formula is C17H11ClF4N2O2. The topological polar surface area (TPSA) is 52.9 Å². The van der Waals surface area contributed by atoms with Crippen LogP contribution in [0.5, 0.6) is 0 Å². The molecule has 3 rings (SSSR count). The lowest BCUT2D eigenvalue weighted by molar-refractivity contribution is -0.297. The molecule has 136 valence electrons. The van der Waals surface area contributed by atoms with Crippen LogP contribution in [0.3, 0.4) is 0 Å². The van der Waals surface area contributed by atoms with Crippen molar-refractivity contribution in [3.63, 3.8) is 0 Å². The van der Waals surface area contributed by atoms with Crippen LogP contribution < -0.4 is 0 Å². The van der Waals surface area contributed by atoms with Gasteiger partial charge in [-0.15, -0.1) is 0 Å². The average Bonchev–Trinajstić information content (AvgIpc) is 2.94. The van der Waals surface area contributed by atoms with Gasteiger partial charge in [-0.25, -0.2) is 4.39 Å². The second kappa shape index (κ2) is 6.37. The van der Waals surface area contributed by atoms with Gasteiger partial charge in [-0.1, -0.05) is 23.7 Å². The standard InChI is InChI=1S/C17H11ClF4N2O2/c18-12-5-1-10(2-6-12)14-9-16(26,17(20,21)22)24(23-14)15(25)11-3-7-13(19)8-4-11/h1-8,26H,9H2/t16-/m1/s1. The van der Waals surface area contributed by atoms with Crippen LogP contribution in [0.25, 0.3) is 0 Å². The number of alkyl halides is 3. The van der Waals surface area contributed by atoms with Gasteiger partial charge in [-0.3, -0.25) is 4.79 Å². The molecule has 0 unspecified atom stereocenters. The monoisotopic (exact) mass is 386 g/mol. The number of carbonyl (C=O) groups is 1. The van der Waals surface area contributed by atoms with Gasteiger partial charge in [0.25, 0.3) is 11.6 Å². The molecular weight excluding hydrogens is 376 g/mol. The molecule has 1 aliphatic rings. The zero-order valence-corrected chi connectivity index (χ0v) is 13.7. The van der Waals surface area contributed by atoms with Crippen molar-refractivity contribution >= 4 is 23.2 Å². The number of carbonyl (C=O) groups excluding carboxylic acids is 1. The number of halogens is 5. The minimum absolute atomic E-state index is 0.00974. The maximum absolute atomic E-state index is 13.5. The predicted molar refractivity (Wildman–Crippen MR) is 86.2 cm³/mol. The van der Waals surface area contributed by atoms with Crippen LogP contribution in [0.15, 0.2) is 53.6 Å². The second-order valence-corrected chi connectivity index (χ2v) is 6.11. The first kappa shape index (κ1) is 18.3. The number of hydrazone groups is 1. The van der Waals surface area contributed by atoms with Gasteiger partial charge in [0.05, 0.1) is 12.1 Å². The molecule has 0 saturated heterocycles. The first-order valence-electron chi connectivity index (χ1n) is 7.34. The molecule has 2 aromatic rings. The van der Waals surface area contributed by atoms with Crippen LogP contribution in [0.4, 0.5) is 17.6 Å². The number of benzene rings is 2. The molecule has 0 aliphatic carbocycles. The molecule has 0 saturated carbocycles. The van der Waals surface area contributed by atoms with Crippen molar-refractivity contribution in [1.29, 1.82) is 0 Å². The molecule has 0 spiro atoms. The van der Waals surface area contributed by atoms with Gasteiger partial charge in [0, 0.05) is 10.6 Å². The fraction of sp³-hybridized carbons (Fsp3) is 0.176. The summed E-state index contributed by atoms with van der Waals surface area (Å²) in [6, 6.07) is 9.68. The van der Waals surface area contributed by atoms with Crippen LogP contribution in [0.2, 0.25) is 5.02 Å². The van der Waals surface area contributed by atoms with Crippen molar-refractivity contribution in [2.45, 2.75) is 18.3 Å². The van der Waals surface area contributed by atoms with E-state index in [-0.39, 0.29) is 21.8 Å². The molecule has 1 aliphatic heterocycles. The van der Waals surface area contributed by atoms with Crippen LogP contribution in [-0.4, -0.2) is 33.6 Å². The Morgan fingerprint density at radius 3 is 2.23 bits per heavy atom. The molecule has 4 nitrogen and oxygen atoms in total. The third-order valence-corrected chi connectivity index (χ3v) is 4.15. The summed E-state index contributed by atoms with van der Waals surface area (Å²) in [5, 5.41) is 14.3. The Morgan fingerprint density at radius 1 is 1.12 bits per heavy atom. The van der Waals surface area contributed by atoms with Crippen molar-refractivity contribution in [3.05, 3.63) is 70.5 Å². The van der Waals surface area contributed by atoms with Gasteiger partial charge in [0.2, 0.25) is 0 Å². The highest BCUT2D eigenvalue weighted by molar-refractivity contribution is 6.30. The zero-order chi connectivity index (χ0) is 19.1. The Kier molecular flexibility index (Phi) is 4.49. The Labute approximate surface area is 150 Å². The van der Waals surface area contributed by atoms with E-state index in [2.05, 4.69) is 5.10 Å². The molecule has 2 aromatic carbocycles. The van der Waals surface area contributed by atoms with Gasteiger partial charge in [-0.05, 0) is 42.0 Å². The summed E-state index contributed by atoms with van der Waals surface area (Å²) in [4.78, 5) is 12.5. The van der Waals surface area contributed by atoms with E-state index in [4.69, 9.17) is 11.6 Å². The lowest BCUT2D eigenvalue weighted by Crippen LogP contribution is -2.56. The summed E-state index contributed by atoms with van der Waals surface area (Å²) in [7, 11) is 0. The predicted octanol–water partition coefficient (Wildman–Crippen LogP) is 3.98. The quantitative estimate of drug-likeness (QED) is 0.794. The maximum Gasteiger partial charge on any atom is 0.438 e. The largest absolute Gasteiger partial charge is 0.438 e. The average molecular weight is 387 g/mol. The lowest BCUT2D eigenvalue weighted by Gasteiger charge is -2.32. The smallest absolute Gasteiger partial charge is 0.362 e. The number of hydrogen-bond donors (Lipinski definition) is 1. The van der Waals surface area contributed by atoms with Gasteiger partial charge in [-0.2, -0.15) is 23.3 Å². The summed E-state index contributed by atoms with van der Waals surface area (Å²) in [6.45, 7) is 0. The van der Waals surface area contributed by atoms with E-state index in [0.29, 0.717) is 5.02 Å². The molecule has 0 radical (unpaired) electrons. The van der Waals surface area contributed by atoms with Crippen molar-refractivity contribution in [1.82, 2.24) is 5.01 Å². The Bertz CT molecular complexity index is 866. The maximum atomic E-state index is 13.5. The van der Waals surface area contributed by atoms with Crippen LogP contribution >= 0.6 is 11.6 Å². The van der Waals surface area contributed by atoms with Crippen molar-refractivity contribution in [2.75, 3.05) is 0 Å². The normalized spacial score (nSPS) is 20.2. The molecule has 1 N–H and O–H groups in total. The Morgan fingerprint density at radius 2 is 1.69 bits per heavy atom. The van der Waals surface area contributed by atoms with Crippen LogP contribution in [-0.2, 0) is 0 Å². The SMILES string of the molecule is O=C(c1ccc(F)cc1)N1N=C(c2ccc(Cl)cc2)C[C@@]1(O)C(F)(F)F. The summed E-state index contributed by atoms with van der Waals surface area (Å²) in [5.41, 5.74) is -3.59. The van der Waals surface area contributed by atoms with E-state index < -0.39 is 30.0 Å². The second-order valence-electron chi connectivity index (χ2n) is 5.67. The third-order valence-electron chi connectivity index (χ3n) is 3.90. The molecule has 9 heteroatoms. The third kappa shape index (κ3) is 3.17. The molecule has 0 bridgehead atoms. The molecule has 26 heavy (non-hydrogen) atoms. The van der Waals surface area contributed by atoms with Crippen LogP contribution in [0, 0.1) is 5.82 Å².